The summed E-state index contributed by atoms with van der Waals surface area (Å²) in [5.74, 6) is 1.46. The molecule has 0 spiro atoms. The lowest BCUT2D eigenvalue weighted by atomic mass is 10.1. The van der Waals surface area contributed by atoms with Gasteiger partial charge in [0.05, 0.1) is 6.42 Å². The number of rotatable bonds is 6. The van der Waals surface area contributed by atoms with Gasteiger partial charge in [0.1, 0.15) is 11.5 Å². The van der Waals surface area contributed by atoms with Gasteiger partial charge in [-0.05, 0) is 12.5 Å². The average Bonchev–Trinajstić information content (AvgIpc) is 2.98. The number of nitrogens with one attached hydrogen (secondary N) is 1. The SMILES string of the molecule is Cc1ccc(CC(=O)NCCc2oc(C)nc2-c2ccccc2)cc1. The molecule has 4 heteroatoms. The van der Waals surface area contributed by atoms with Crippen LogP contribution in [0.1, 0.15) is 22.8 Å². The van der Waals surface area contributed by atoms with Gasteiger partial charge in [-0.25, -0.2) is 4.98 Å². The second kappa shape index (κ2) is 7.79. The molecule has 1 heterocycles. The minimum absolute atomic E-state index is 0.0151. The molecule has 0 fully saturated rings. The first-order valence-electron chi connectivity index (χ1n) is 8.46. The fourth-order valence-corrected chi connectivity index (χ4v) is 2.73. The number of oxazole rings is 1. The Balaban J connectivity index is 1.57. The van der Waals surface area contributed by atoms with Crippen LogP contribution in [0.2, 0.25) is 0 Å². The Kier molecular flexibility index (Phi) is 5.29. The van der Waals surface area contributed by atoms with Gasteiger partial charge in [-0.1, -0.05) is 60.2 Å². The summed E-state index contributed by atoms with van der Waals surface area (Å²) in [5, 5.41) is 2.96. The Morgan fingerprint density at radius 3 is 2.48 bits per heavy atom. The quantitative estimate of drug-likeness (QED) is 0.745. The number of carbonyl (C=O) groups is 1. The summed E-state index contributed by atoms with van der Waals surface area (Å²) in [6.07, 6.45) is 1.01. The lowest BCUT2D eigenvalue weighted by molar-refractivity contribution is -0.120. The van der Waals surface area contributed by atoms with Gasteiger partial charge in [0.2, 0.25) is 5.91 Å². The van der Waals surface area contributed by atoms with Crippen LogP contribution in [0.5, 0.6) is 0 Å². The summed E-state index contributed by atoms with van der Waals surface area (Å²) >= 11 is 0. The number of aryl methyl sites for hydroxylation is 2. The summed E-state index contributed by atoms with van der Waals surface area (Å²) in [4.78, 5) is 16.6. The number of nitrogens with zero attached hydrogens (tertiary/aromatic N) is 1. The second-order valence-corrected chi connectivity index (χ2v) is 6.13. The third-order valence-electron chi connectivity index (χ3n) is 4.01. The van der Waals surface area contributed by atoms with Crippen molar-refractivity contribution in [2.24, 2.45) is 0 Å². The summed E-state index contributed by atoms with van der Waals surface area (Å²) in [5.41, 5.74) is 4.09. The lowest BCUT2D eigenvalue weighted by Crippen LogP contribution is -2.27. The van der Waals surface area contributed by atoms with Crippen molar-refractivity contribution < 1.29 is 9.21 Å². The molecule has 3 aromatic rings. The van der Waals surface area contributed by atoms with E-state index in [0.29, 0.717) is 25.3 Å². The molecule has 1 amide bonds. The number of benzene rings is 2. The van der Waals surface area contributed by atoms with Crippen molar-refractivity contribution in [3.05, 3.63) is 77.4 Å². The van der Waals surface area contributed by atoms with Crippen LogP contribution in [-0.2, 0) is 17.6 Å². The first-order chi connectivity index (χ1) is 12.1. The molecule has 0 saturated carbocycles. The Hall–Kier alpha value is -2.88. The highest BCUT2D eigenvalue weighted by molar-refractivity contribution is 5.78. The topological polar surface area (TPSA) is 55.1 Å². The van der Waals surface area contributed by atoms with E-state index in [9.17, 15) is 4.79 Å². The molecule has 25 heavy (non-hydrogen) atoms. The standard InChI is InChI=1S/C21H22N2O2/c1-15-8-10-17(11-9-15)14-20(24)22-13-12-19-21(23-16(2)25-19)18-6-4-3-5-7-18/h3-11H,12-14H2,1-2H3,(H,22,24). The van der Waals surface area contributed by atoms with Crippen molar-refractivity contribution in [2.75, 3.05) is 6.54 Å². The molecule has 2 aromatic carbocycles. The molecule has 1 aromatic heterocycles. The molecule has 0 atom stereocenters. The smallest absolute Gasteiger partial charge is 0.224 e. The van der Waals surface area contributed by atoms with Crippen molar-refractivity contribution >= 4 is 5.91 Å². The molecule has 0 bridgehead atoms. The number of hydrogen-bond acceptors (Lipinski definition) is 3. The van der Waals surface area contributed by atoms with Crippen LogP contribution in [0, 0.1) is 13.8 Å². The molecule has 0 saturated heterocycles. The molecule has 1 N–H and O–H groups in total. The van der Waals surface area contributed by atoms with Crippen LogP contribution in [0.3, 0.4) is 0 Å². The summed E-state index contributed by atoms with van der Waals surface area (Å²) < 4.78 is 5.72. The summed E-state index contributed by atoms with van der Waals surface area (Å²) in [7, 11) is 0. The molecular weight excluding hydrogens is 312 g/mol. The fraction of sp³-hybridized carbons (Fsp3) is 0.238. The van der Waals surface area contributed by atoms with Crippen LogP contribution in [0.4, 0.5) is 0 Å². The molecule has 4 nitrogen and oxygen atoms in total. The normalized spacial score (nSPS) is 10.6. The van der Waals surface area contributed by atoms with Gasteiger partial charge in [0, 0.05) is 25.5 Å². The summed E-state index contributed by atoms with van der Waals surface area (Å²) in [6.45, 7) is 4.40. The van der Waals surface area contributed by atoms with E-state index in [2.05, 4.69) is 10.3 Å². The maximum atomic E-state index is 12.1. The van der Waals surface area contributed by atoms with Crippen molar-refractivity contribution in [2.45, 2.75) is 26.7 Å². The molecule has 0 unspecified atom stereocenters. The van der Waals surface area contributed by atoms with Crippen LogP contribution in [0.25, 0.3) is 11.3 Å². The van der Waals surface area contributed by atoms with Gasteiger partial charge in [-0.3, -0.25) is 4.79 Å². The average molecular weight is 334 g/mol. The number of hydrogen-bond donors (Lipinski definition) is 1. The maximum Gasteiger partial charge on any atom is 0.224 e. The van der Waals surface area contributed by atoms with Gasteiger partial charge in [0.25, 0.3) is 0 Å². The number of aromatic nitrogens is 1. The Morgan fingerprint density at radius 2 is 1.76 bits per heavy atom. The minimum Gasteiger partial charge on any atom is -0.445 e. The van der Waals surface area contributed by atoms with E-state index in [0.717, 1.165) is 22.6 Å². The van der Waals surface area contributed by atoms with E-state index < -0.39 is 0 Å². The zero-order valence-corrected chi connectivity index (χ0v) is 14.6. The van der Waals surface area contributed by atoms with Crippen LogP contribution >= 0.6 is 0 Å². The maximum absolute atomic E-state index is 12.1. The molecular formula is C21H22N2O2. The van der Waals surface area contributed by atoms with Crippen LogP contribution in [-0.4, -0.2) is 17.4 Å². The molecule has 0 aliphatic heterocycles. The molecule has 3 rings (SSSR count). The molecule has 0 aliphatic rings. The van der Waals surface area contributed by atoms with E-state index in [1.807, 2.05) is 68.4 Å². The van der Waals surface area contributed by atoms with Gasteiger partial charge >= 0.3 is 0 Å². The van der Waals surface area contributed by atoms with Crippen molar-refractivity contribution in [3.8, 4) is 11.3 Å². The van der Waals surface area contributed by atoms with Gasteiger partial charge < -0.3 is 9.73 Å². The van der Waals surface area contributed by atoms with Crippen molar-refractivity contribution in [3.63, 3.8) is 0 Å². The molecule has 0 radical (unpaired) electrons. The predicted molar refractivity (Wildman–Crippen MR) is 98.3 cm³/mol. The van der Waals surface area contributed by atoms with Gasteiger partial charge in [-0.15, -0.1) is 0 Å². The van der Waals surface area contributed by atoms with E-state index in [-0.39, 0.29) is 5.91 Å². The Labute approximate surface area is 147 Å². The van der Waals surface area contributed by atoms with Crippen molar-refractivity contribution in [1.82, 2.24) is 10.3 Å². The van der Waals surface area contributed by atoms with Gasteiger partial charge in [-0.2, -0.15) is 0 Å². The zero-order chi connectivity index (χ0) is 17.6. The van der Waals surface area contributed by atoms with E-state index in [1.165, 1.54) is 5.56 Å². The minimum atomic E-state index is 0.0151. The van der Waals surface area contributed by atoms with Crippen LogP contribution < -0.4 is 5.32 Å². The third kappa shape index (κ3) is 4.57. The van der Waals surface area contributed by atoms with Crippen molar-refractivity contribution in [1.29, 1.82) is 0 Å². The van der Waals surface area contributed by atoms with Crippen LogP contribution in [0.15, 0.2) is 59.0 Å². The third-order valence-corrected chi connectivity index (χ3v) is 4.01. The fourth-order valence-electron chi connectivity index (χ4n) is 2.73. The number of amides is 1. The highest BCUT2D eigenvalue weighted by atomic mass is 16.4. The summed E-state index contributed by atoms with van der Waals surface area (Å²) in [6, 6.07) is 18.0. The monoisotopic (exact) mass is 334 g/mol. The molecule has 128 valence electrons. The number of carbonyl (C=O) groups excluding carboxylic acids is 1. The van der Waals surface area contributed by atoms with E-state index in [4.69, 9.17) is 4.42 Å². The zero-order valence-electron chi connectivity index (χ0n) is 14.6. The largest absolute Gasteiger partial charge is 0.445 e. The molecule has 0 aliphatic carbocycles. The highest BCUT2D eigenvalue weighted by Gasteiger charge is 2.13. The predicted octanol–water partition coefficient (Wildman–Crippen LogP) is 3.86. The van der Waals surface area contributed by atoms with Gasteiger partial charge in [0.15, 0.2) is 5.89 Å². The highest BCUT2D eigenvalue weighted by Crippen LogP contribution is 2.23. The lowest BCUT2D eigenvalue weighted by Gasteiger charge is -2.06. The second-order valence-electron chi connectivity index (χ2n) is 6.13. The first-order valence-corrected chi connectivity index (χ1v) is 8.46. The Bertz CT molecular complexity index is 836. The Morgan fingerprint density at radius 1 is 1.04 bits per heavy atom. The van der Waals surface area contributed by atoms with E-state index >= 15 is 0 Å². The van der Waals surface area contributed by atoms with E-state index in [1.54, 1.807) is 0 Å². The first kappa shape index (κ1) is 17.0.